The molecule has 3 heteroatoms. The molecule has 0 fully saturated rings. The van der Waals surface area contributed by atoms with E-state index in [1.807, 2.05) is 37.5 Å². The van der Waals surface area contributed by atoms with Gasteiger partial charge in [0.15, 0.2) is 0 Å². The Kier molecular flexibility index (Phi) is 3.96. The first-order chi connectivity index (χ1) is 8.29. The minimum absolute atomic E-state index is 0.103. The summed E-state index contributed by atoms with van der Waals surface area (Å²) >= 11 is 0. The van der Waals surface area contributed by atoms with E-state index in [0.29, 0.717) is 0 Å². The Morgan fingerprint density at radius 2 is 1.94 bits per heavy atom. The maximum Gasteiger partial charge on any atom is 0.0681 e. The van der Waals surface area contributed by atoms with Crippen LogP contribution in [0.1, 0.15) is 16.8 Å². The minimum Gasteiger partial charge on any atom is -0.392 e. The zero-order valence-corrected chi connectivity index (χ0v) is 10.1. The second-order valence-corrected chi connectivity index (χ2v) is 4.19. The fourth-order valence-corrected chi connectivity index (χ4v) is 1.85. The standard InChI is InChI=1S/C14H18N2O/c1-16-7-3-6-14(16)10-15-9-12-4-2-5-13(8-12)11-17/h2-8,15,17H,9-11H2,1H3. The number of hydrogen-bond acceptors (Lipinski definition) is 2. The van der Waals surface area contributed by atoms with Crippen molar-refractivity contribution >= 4 is 0 Å². The summed E-state index contributed by atoms with van der Waals surface area (Å²) in [5.41, 5.74) is 3.43. The maximum absolute atomic E-state index is 9.05. The number of aromatic nitrogens is 1. The first-order valence-electron chi connectivity index (χ1n) is 5.79. The lowest BCUT2D eigenvalue weighted by molar-refractivity contribution is 0.281. The lowest BCUT2D eigenvalue weighted by atomic mass is 10.1. The van der Waals surface area contributed by atoms with Crippen LogP contribution in [0.25, 0.3) is 0 Å². The van der Waals surface area contributed by atoms with Gasteiger partial charge in [0.1, 0.15) is 0 Å². The van der Waals surface area contributed by atoms with Crippen LogP contribution in [0.3, 0.4) is 0 Å². The van der Waals surface area contributed by atoms with Crippen molar-refractivity contribution in [1.29, 1.82) is 0 Å². The van der Waals surface area contributed by atoms with Gasteiger partial charge in [-0.15, -0.1) is 0 Å². The van der Waals surface area contributed by atoms with Gasteiger partial charge in [-0.25, -0.2) is 0 Å². The predicted octanol–water partition coefficient (Wildman–Crippen LogP) is 1.81. The van der Waals surface area contributed by atoms with Crippen LogP contribution >= 0.6 is 0 Å². The van der Waals surface area contributed by atoms with Crippen LogP contribution in [0.5, 0.6) is 0 Å². The topological polar surface area (TPSA) is 37.2 Å². The molecule has 0 amide bonds. The molecule has 17 heavy (non-hydrogen) atoms. The molecule has 1 aromatic carbocycles. The molecule has 0 bridgehead atoms. The van der Waals surface area contributed by atoms with E-state index in [-0.39, 0.29) is 6.61 Å². The van der Waals surface area contributed by atoms with Crippen LogP contribution in [-0.4, -0.2) is 9.67 Å². The van der Waals surface area contributed by atoms with Gasteiger partial charge in [-0.1, -0.05) is 24.3 Å². The Morgan fingerprint density at radius 1 is 1.12 bits per heavy atom. The average Bonchev–Trinajstić information content (AvgIpc) is 2.76. The molecule has 3 nitrogen and oxygen atoms in total. The Bertz CT molecular complexity index is 477. The van der Waals surface area contributed by atoms with Gasteiger partial charge < -0.3 is 15.0 Å². The van der Waals surface area contributed by atoms with Gasteiger partial charge in [0, 0.05) is 32.0 Å². The van der Waals surface area contributed by atoms with Crippen molar-refractivity contribution in [3.05, 3.63) is 59.4 Å². The molecule has 0 aliphatic carbocycles. The third-order valence-electron chi connectivity index (χ3n) is 2.86. The van der Waals surface area contributed by atoms with Gasteiger partial charge in [0.25, 0.3) is 0 Å². The molecule has 0 aliphatic rings. The highest BCUT2D eigenvalue weighted by Gasteiger charge is 1.98. The van der Waals surface area contributed by atoms with Crippen LogP contribution < -0.4 is 5.32 Å². The molecule has 1 aromatic heterocycles. The molecule has 0 saturated carbocycles. The Morgan fingerprint density at radius 3 is 2.65 bits per heavy atom. The molecule has 2 rings (SSSR count). The van der Waals surface area contributed by atoms with Gasteiger partial charge in [-0.3, -0.25) is 0 Å². The summed E-state index contributed by atoms with van der Waals surface area (Å²) in [6.45, 7) is 1.78. The summed E-state index contributed by atoms with van der Waals surface area (Å²) in [7, 11) is 2.05. The number of nitrogens with zero attached hydrogens (tertiary/aromatic N) is 1. The lowest BCUT2D eigenvalue weighted by Gasteiger charge is -2.07. The minimum atomic E-state index is 0.103. The van der Waals surface area contributed by atoms with Crippen LogP contribution in [0.15, 0.2) is 42.6 Å². The van der Waals surface area contributed by atoms with Crippen LogP contribution in [0.2, 0.25) is 0 Å². The number of hydrogen-bond donors (Lipinski definition) is 2. The number of nitrogens with one attached hydrogen (secondary N) is 1. The van der Waals surface area contributed by atoms with E-state index in [9.17, 15) is 0 Å². The van der Waals surface area contributed by atoms with Crippen molar-refractivity contribution in [2.24, 2.45) is 7.05 Å². The van der Waals surface area contributed by atoms with Crippen molar-refractivity contribution in [2.45, 2.75) is 19.7 Å². The zero-order valence-electron chi connectivity index (χ0n) is 10.1. The number of aliphatic hydroxyl groups excluding tert-OH is 1. The second-order valence-electron chi connectivity index (χ2n) is 4.19. The molecular formula is C14H18N2O. The van der Waals surface area contributed by atoms with Crippen LogP contribution in [-0.2, 0) is 26.7 Å². The lowest BCUT2D eigenvalue weighted by Crippen LogP contribution is -2.14. The smallest absolute Gasteiger partial charge is 0.0681 e. The van der Waals surface area contributed by atoms with E-state index in [4.69, 9.17) is 5.11 Å². The second kappa shape index (κ2) is 5.66. The zero-order chi connectivity index (χ0) is 12.1. The molecule has 0 saturated heterocycles. The first kappa shape index (κ1) is 11.9. The first-order valence-corrected chi connectivity index (χ1v) is 5.79. The van der Waals surface area contributed by atoms with Crippen molar-refractivity contribution < 1.29 is 5.11 Å². The van der Waals surface area contributed by atoms with E-state index >= 15 is 0 Å². The molecule has 0 unspecified atom stereocenters. The molecule has 0 atom stereocenters. The molecular weight excluding hydrogens is 212 g/mol. The van der Waals surface area contributed by atoms with E-state index in [1.165, 1.54) is 11.3 Å². The van der Waals surface area contributed by atoms with E-state index < -0.39 is 0 Å². The quantitative estimate of drug-likeness (QED) is 0.822. The third-order valence-corrected chi connectivity index (χ3v) is 2.86. The van der Waals surface area contributed by atoms with Gasteiger partial charge in [-0.2, -0.15) is 0 Å². The summed E-state index contributed by atoms with van der Waals surface area (Å²) in [5, 5.41) is 12.4. The Hall–Kier alpha value is -1.58. The monoisotopic (exact) mass is 230 g/mol. The van der Waals surface area contributed by atoms with Gasteiger partial charge >= 0.3 is 0 Å². The van der Waals surface area contributed by atoms with E-state index in [1.54, 1.807) is 0 Å². The normalized spacial score (nSPS) is 10.7. The fraction of sp³-hybridized carbons (Fsp3) is 0.286. The molecule has 2 aromatic rings. The molecule has 90 valence electrons. The fourth-order valence-electron chi connectivity index (χ4n) is 1.85. The third kappa shape index (κ3) is 3.19. The number of aliphatic hydroxyl groups is 1. The average molecular weight is 230 g/mol. The summed E-state index contributed by atoms with van der Waals surface area (Å²) < 4.78 is 2.11. The van der Waals surface area contributed by atoms with Crippen molar-refractivity contribution in [3.63, 3.8) is 0 Å². The highest BCUT2D eigenvalue weighted by molar-refractivity contribution is 5.22. The summed E-state index contributed by atoms with van der Waals surface area (Å²) in [4.78, 5) is 0. The number of benzene rings is 1. The molecule has 0 radical (unpaired) electrons. The molecule has 1 heterocycles. The van der Waals surface area contributed by atoms with Gasteiger partial charge in [0.2, 0.25) is 0 Å². The highest BCUT2D eigenvalue weighted by atomic mass is 16.3. The Labute approximate surface area is 102 Å². The van der Waals surface area contributed by atoms with Crippen LogP contribution in [0.4, 0.5) is 0 Å². The largest absolute Gasteiger partial charge is 0.392 e. The van der Waals surface area contributed by atoms with Crippen molar-refractivity contribution in [3.8, 4) is 0 Å². The molecule has 2 N–H and O–H groups in total. The molecule has 0 spiro atoms. The highest BCUT2D eigenvalue weighted by Crippen LogP contribution is 2.05. The summed E-state index contributed by atoms with van der Waals surface area (Å²) in [6.07, 6.45) is 2.05. The predicted molar refractivity (Wildman–Crippen MR) is 68.3 cm³/mol. The maximum atomic E-state index is 9.05. The molecule has 0 aliphatic heterocycles. The van der Waals surface area contributed by atoms with E-state index in [0.717, 1.165) is 18.7 Å². The summed E-state index contributed by atoms with van der Waals surface area (Å²) in [6, 6.07) is 12.2. The van der Waals surface area contributed by atoms with E-state index in [2.05, 4.69) is 22.0 Å². The Balaban J connectivity index is 1.87. The van der Waals surface area contributed by atoms with Crippen molar-refractivity contribution in [1.82, 2.24) is 9.88 Å². The van der Waals surface area contributed by atoms with Gasteiger partial charge in [0.05, 0.1) is 6.61 Å². The number of aryl methyl sites for hydroxylation is 1. The van der Waals surface area contributed by atoms with Crippen LogP contribution in [0, 0.1) is 0 Å². The SMILES string of the molecule is Cn1cccc1CNCc1cccc(CO)c1. The summed E-state index contributed by atoms with van der Waals surface area (Å²) in [5.74, 6) is 0. The number of rotatable bonds is 5. The van der Waals surface area contributed by atoms with Crippen molar-refractivity contribution in [2.75, 3.05) is 0 Å². The van der Waals surface area contributed by atoms with Gasteiger partial charge in [-0.05, 0) is 23.3 Å².